The van der Waals surface area contributed by atoms with Crippen molar-refractivity contribution in [1.29, 1.82) is 0 Å². The van der Waals surface area contributed by atoms with Gasteiger partial charge in [0.15, 0.2) is 0 Å². The summed E-state index contributed by atoms with van der Waals surface area (Å²) in [6, 6.07) is 16.3. The number of halogens is 2. The number of nitrogens with two attached hydrogens (primary N) is 1. The van der Waals surface area contributed by atoms with E-state index < -0.39 is 5.82 Å². The number of benzene rings is 2. The van der Waals surface area contributed by atoms with E-state index in [0.29, 0.717) is 31.9 Å². The van der Waals surface area contributed by atoms with Crippen LogP contribution in [0.4, 0.5) is 4.39 Å². The van der Waals surface area contributed by atoms with Gasteiger partial charge in [0.25, 0.3) is 5.91 Å². The summed E-state index contributed by atoms with van der Waals surface area (Å²) in [5.74, 6) is -0.159. The molecule has 1 amide bonds. The Morgan fingerprint density at radius 3 is 2.40 bits per heavy atom. The van der Waals surface area contributed by atoms with Crippen LogP contribution in [0.1, 0.15) is 41.8 Å². The topological polar surface area (TPSA) is 77.0 Å². The monoisotopic (exact) mass is 431 g/mol. The molecule has 0 bridgehead atoms. The second kappa shape index (κ2) is 10.8. The summed E-state index contributed by atoms with van der Waals surface area (Å²) in [7, 11) is 0. The number of carbonyl (C=O) groups is 1. The first kappa shape index (κ1) is 23.5. The molecular formula is C22H27ClFN5O. The maximum atomic E-state index is 14.3. The fraction of sp³-hybridized carbons (Fsp3) is 0.318. The number of amides is 1. The minimum Gasteiger partial charge on any atom is -0.334 e. The van der Waals surface area contributed by atoms with Crippen LogP contribution in [0.15, 0.2) is 54.6 Å². The van der Waals surface area contributed by atoms with Crippen molar-refractivity contribution in [3.8, 4) is 5.69 Å². The summed E-state index contributed by atoms with van der Waals surface area (Å²) in [5, 5.41) is 4.35. The molecule has 0 spiro atoms. The summed E-state index contributed by atoms with van der Waals surface area (Å²) in [5.41, 5.74) is 7.13. The second-order valence-electron chi connectivity index (χ2n) is 7.13. The summed E-state index contributed by atoms with van der Waals surface area (Å²) in [6.07, 6.45) is 0.706. The van der Waals surface area contributed by atoms with Crippen molar-refractivity contribution in [3.63, 3.8) is 0 Å². The molecule has 2 aromatic carbocycles. The standard InChI is InChI=1S/C22H26FN5O.ClH/c1-16(2)21-25-20(26-28(21)19-11-7-6-10-18(19)23)22(29)27(15-13-24)14-12-17-8-4-3-5-9-17;/h3-11,16H,12-15,24H2,1-2H3;1H. The van der Waals surface area contributed by atoms with Gasteiger partial charge in [0.05, 0.1) is 0 Å². The summed E-state index contributed by atoms with van der Waals surface area (Å²) >= 11 is 0. The summed E-state index contributed by atoms with van der Waals surface area (Å²) in [4.78, 5) is 19.2. The number of hydrogen-bond donors (Lipinski definition) is 1. The van der Waals surface area contributed by atoms with Gasteiger partial charge in [-0.05, 0) is 24.1 Å². The molecule has 0 fully saturated rings. The second-order valence-corrected chi connectivity index (χ2v) is 7.13. The molecule has 2 N–H and O–H groups in total. The van der Waals surface area contributed by atoms with Crippen molar-refractivity contribution in [1.82, 2.24) is 19.7 Å². The van der Waals surface area contributed by atoms with Crippen molar-refractivity contribution >= 4 is 18.3 Å². The van der Waals surface area contributed by atoms with Gasteiger partial charge in [-0.25, -0.2) is 14.1 Å². The van der Waals surface area contributed by atoms with Crippen LogP contribution in [0.3, 0.4) is 0 Å². The van der Waals surface area contributed by atoms with Crippen molar-refractivity contribution < 1.29 is 9.18 Å². The number of para-hydroxylation sites is 1. The van der Waals surface area contributed by atoms with Gasteiger partial charge in [-0.3, -0.25) is 4.79 Å². The molecule has 30 heavy (non-hydrogen) atoms. The Labute approximate surface area is 182 Å². The molecule has 0 aliphatic rings. The molecule has 160 valence electrons. The predicted molar refractivity (Wildman–Crippen MR) is 118 cm³/mol. The Morgan fingerprint density at radius 1 is 1.10 bits per heavy atom. The first-order valence-electron chi connectivity index (χ1n) is 9.76. The van der Waals surface area contributed by atoms with Crippen LogP contribution >= 0.6 is 12.4 Å². The predicted octanol–water partition coefficient (Wildman–Crippen LogP) is 3.60. The lowest BCUT2D eigenvalue weighted by molar-refractivity contribution is 0.0750. The zero-order valence-corrected chi connectivity index (χ0v) is 18.0. The minimum absolute atomic E-state index is 0. The Kier molecular flexibility index (Phi) is 8.50. The first-order chi connectivity index (χ1) is 14.0. The lowest BCUT2D eigenvalue weighted by Crippen LogP contribution is -2.37. The molecular weight excluding hydrogens is 405 g/mol. The normalized spacial score (nSPS) is 10.7. The van der Waals surface area contributed by atoms with E-state index in [2.05, 4.69) is 10.1 Å². The lowest BCUT2D eigenvalue weighted by Gasteiger charge is -2.20. The van der Waals surface area contributed by atoms with E-state index in [1.165, 1.54) is 10.7 Å². The average molecular weight is 432 g/mol. The quantitative estimate of drug-likeness (QED) is 0.591. The third kappa shape index (κ3) is 5.43. The number of carbonyl (C=O) groups excluding carboxylic acids is 1. The Bertz CT molecular complexity index is 961. The van der Waals surface area contributed by atoms with Crippen molar-refractivity contribution in [2.75, 3.05) is 19.6 Å². The molecule has 8 heteroatoms. The molecule has 0 aliphatic heterocycles. The van der Waals surface area contributed by atoms with E-state index in [0.717, 1.165) is 5.56 Å². The van der Waals surface area contributed by atoms with E-state index in [1.807, 2.05) is 44.2 Å². The van der Waals surface area contributed by atoms with Crippen molar-refractivity contribution in [3.05, 3.63) is 77.6 Å². The van der Waals surface area contributed by atoms with Gasteiger partial charge < -0.3 is 10.6 Å². The largest absolute Gasteiger partial charge is 0.334 e. The highest BCUT2D eigenvalue weighted by atomic mass is 35.5. The van der Waals surface area contributed by atoms with Crippen LogP contribution < -0.4 is 5.73 Å². The first-order valence-corrected chi connectivity index (χ1v) is 9.76. The van der Waals surface area contributed by atoms with Gasteiger partial charge in [0.1, 0.15) is 17.3 Å². The van der Waals surface area contributed by atoms with E-state index in [-0.39, 0.29) is 35.7 Å². The molecule has 3 aromatic rings. The maximum absolute atomic E-state index is 14.3. The fourth-order valence-electron chi connectivity index (χ4n) is 3.11. The molecule has 0 unspecified atom stereocenters. The minimum atomic E-state index is -0.416. The van der Waals surface area contributed by atoms with Crippen LogP contribution in [-0.4, -0.2) is 45.2 Å². The van der Waals surface area contributed by atoms with Crippen LogP contribution in [0, 0.1) is 5.82 Å². The molecule has 1 heterocycles. The van der Waals surface area contributed by atoms with Crippen LogP contribution in [0.2, 0.25) is 0 Å². The molecule has 6 nitrogen and oxygen atoms in total. The van der Waals surface area contributed by atoms with E-state index in [9.17, 15) is 9.18 Å². The molecule has 1 aromatic heterocycles. The Morgan fingerprint density at radius 2 is 1.77 bits per heavy atom. The van der Waals surface area contributed by atoms with Gasteiger partial charge in [0, 0.05) is 25.6 Å². The lowest BCUT2D eigenvalue weighted by atomic mass is 10.1. The van der Waals surface area contributed by atoms with Crippen molar-refractivity contribution in [2.45, 2.75) is 26.2 Å². The highest BCUT2D eigenvalue weighted by Crippen LogP contribution is 2.20. The number of hydrogen-bond acceptors (Lipinski definition) is 4. The molecule has 0 saturated carbocycles. The zero-order chi connectivity index (χ0) is 20.8. The fourth-order valence-corrected chi connectivity index (χ4v) is 3.11. The third-order valence-electron chi connectivity index (χ3n) is 4.62. The van der Waals surface area contributed by atoms with Crippen LogP contribution in [0.25, 0.3) is 5.69 Å². The SMILES string of the molecule is CC(C)c1nc(C(=O)N(CCN)CCc2ccccc2)nn1-c1ccccc1F.Cl. The Hall–Kier alpha value is -2.77. The third-order valence-corrected chi connectivity index (χ3v) is 4.62. The summed E-state index contributed by atoms with van der Waals surface area (Å²) in [6.45, 7) is 5.11. The van der Waals surface area contributed by atoms with E-state index >= 15 is 0 Å². The molecule has 0 atom stereocenters. The highest BCUT2D eigenvalue weighted by molar-refractivity contribution is 5.90. The van der Waals surface area contributed by atoms with Gasteiger partial charge in [-0.2, -0.15) is 0 Å². The number of rotatable bonds is 8. The van der Waals surface area contributed by atoms with Crippen molar-refractivity contribution in [2.24, 2.45) is 5.73 Å². The highest BCUT2D eigenvalue weighted by Gasteiger charge is 2.24. The van der Waals surface area contributed by atoms with Crippen LogP contribution in [0.5, 0.6) is 0 Å². The average Bonchev–Trinajstić information content (AvgIpc) is 3.17. The molecule has 0 radical (unpaired) electrons. The van der Waals surface area contributed by atoms with Gasteiger partial charge in [-0.15, -0.1) is 17.5 Å². The maximum Gasteiger partial charge on any atom is 0.293 e. The van der Waals surface area contributed by atoms with Crippen LogP contribution in [-0.2, 0) is 6.42 Å². The van der Waals surface area contributed by atoms with Gasteiger partial charge >= 0.3 is 0 Å². The summed E-state index contributed by atoms with van der Waals surface area (Å²) < 4.78 is 15.7. The van der Waals surface area contributed by atoms with Gasteiger partial charge in [0.2, 0.25) is 5.82 Å². The number of nitrogens with zero attached hydrogens (tertiary/aromatic N) is 4. The van der Waals surface area contributed by atoms with E-state index in [4.69, 9.17) is 5.73 Å². The molecule has 0 saturated heterocycles. The van der Waals surface area contributed by atoms with Gasteiger partial charge in [-0.1, -0.05) is 56.3 Å². The smallest absolute Gasteiger partial charge is 0.293 e. The molecule has 3 rings (SSSR count). The Balaban J connectivity index is 0.00000320. The number of aromatic nitrogens is 3. The molecule has 0 aliphatic carbocycles. The van der Waals surface area contributed by atoms with E-state index in [1.54, 1.807) is 23.1 Å². The zero-order valence-electron chi connectivity index (χ0n) is 17.2.